The fourth-order valence-electron chi connectivity index (χ4n) is 2.04. The smallest absolute Gasteiger partial charge is 0.255 e. The third-order valence-electron chi connectivity index (χ3n) is 3.13. The SMILES string of the molecule is COc1ccccc1CN(C)C(=O)c1cc(S)ccc1Cl. The zero-order valence-corrected chi connectivity index (χ0v) is 13.5. The quantitative estimate of drug-likeness (QED) is 0.865. The standard InChI is InChI=1S/C16H16ClNO2S/c1-18(10-11-5-3-4-6-15(11)20-2)16(19)13-9-12(21)7-8-14(13)17/h3-9,21H,10H2,1-2H3. The van der Waals surface area contributed by atoms with Crippen molar-refractivity contribution >= 4 is 30.1 Å². The predicted molar refractivity (Wildman–Crippen MR) is 87.5 cm³/mol. The number of para-hydroxylation sites is 1. The molecular formula is C16H16ClNO2S. The maximum absolute atomic E-state index is 12.5. The Hall–Kier alpha value is -1.65. The lowest BCUT2D eigenvalue weighted by atomic mass is 10.1. The van der Waals surface area contributed by atoms with E-state index in [1.165, 1.54) is 0 Å². The number of methoxy groups -OCH3 is 1. The first kappa shape index (κ1) is 15.7. The molecule has 1 amide bonds. The van der Waals surface area contributed by atoms with E-state index in [1.807, 2.05) is 24.3 Å². The molecule has 21 heavy (non-hydrogen) atoms. The van der Waals surface area contributed by atoms with Crippen LogP contribution in [0.4, 0.5) is 0 Å². The fourth-order valence-corrected chi connectivity index (χ4v) is 2.45. The van der Waals surface area contributed by atoms with Crippen molar-refractivity contribution in [1.29, 1.82) is 0 Å². The number of ether oxygens (including phenoxy) is 1. The molecule has 0 spiro atoms. The van der Waals surface area contributed by atoms with Gasteiger partial charge < -0.3 is 9.64 Å². The highest BCUT2D eigenvalue weighted by molar-refractivity contribution is 7.80. The van der Waals surface area contributed by atoms with Crippen LogP contribution < -0.4 is 4.74 Å². The number of nitrogens with zero attached hydrogens (tertiary/aromatic N) is 1. The van der Waals surface area contributed by atoms with Crippen LogP contribution in [0.3, 0.4) is 0 Å². The molecule has 0 aliphatic heterocycles. The molecule has 3 nitrogen and oxygen atoms in total. The summed E-state index contributed by atoms with van der Waals surface area (Å²) in [7, 11) is 3.35. The number of carbonyl (C=O) groups is 1. The molecule has 2 aromatic rings. The monoisotopic (exact) mass is 321 g/mol. The Bertz CT molecular complexity index is 660. The van der Waals surface area contributed by atoms with E-state index in [0.29, 0.717) is 22.0 Å². The Morgan fingerprint density at radius 2 is 2.00 bits per heavy atom. The molecule has 2 aromatic carbocycles. The zero-order chi connectivity index (χ0) is 15.4. The molecule has 0 fully saturated rings. The molecule has 2 rings (SSSR count). The summed E-state index contributed by atoms with van der Waals surface area (Å²) in [6, 6.07) is 12.7. The summed E-state index contributed by atoms with van der Waals surface area (Å²) in [5.74, 6) is 0.605. The van der Waals surface area contributed by atoms with Crippen molar-refractivity contribution in [3.63, 3.8) is 0 Å². The summed E-state index contributed by atoms with van der Waals surface area (Å²) in [4.78, 5) is 14.8. The second-order valence-electron chi connectivity index (χ2n) is 4.64. The van der Waals surface area contributed by atoms with Gasteiger partial charge in [0.15, 0.2) is 0 Å². The minimum atomic E-state index is -0.151. The van der Waals surface area contributed by atoms with Crippen molar-refractivity contribution in [3.8, 4) is 5.75 Å². The molecule has 0 heterocycles. The van der Waals surface area contributed by atoms with Crippen LogP contribution in [0.5, 0.6) is 5.75 Å². The number of benzene rings is 2. The van der Waals surface area contributed by atoms with Crippen LogP contribution >= 0.6 is 24.2 Å². The number of hydrogen-bond acceptors (Lipinski definition) is 3. The van der Waals surface area contributed by atoms with E-state index in [-0.39, 0.29) is 5.91 Å². The van der Waals surface area contributed by atoms with Gasteiger partial charge in [-0.25, -0.2) is 0 Å². The molecule has 0 aliphatic carbocycles. The topological polar surface area (TPSA) is 29.5 Å². The summed E-state index contributed by atoms with van der Waals surface area (Å²) < 4.78 is 5.30. The lowest BCUT2D eigenvalue weighted by molar-refractivity contribution is 0.0784. The van der Waals surface area contributed by atoms with Gasteiger partial charge in [-0.05, 0) is 24.3 Å². The van der Waals surface area contributed by atoms with E-state index in [4.69, 9.17) is 16.3 Å². The summed E-state index contributed by atoms with van der Waals surface area (Å²) in [6.07, 6.45) is 0. The molecule has 110 valence electrons. The first-order chi connectivity index (χ1) is 10.0. The minimum absolute atomic E-state index is 0.151. The van der Waals surface area contributed by atoms with Crippen LogP contribution in [-0.2, 0) is 6.54 Å². The van der Waals surface area contributed by atoms with Crippen LogP contribution in [-0.4, -0.2) is 25.0 Å². The third-order valence-corrected chi connectivity index (χ3v) is 3.73. The maximum Gasteiger partial charge on any atom is 0.255 e. The molecule has 0 radical (unpaired) electrons. The normalized spacial score (nSPS) is 10.3. The minimum Gasteiger partial charge on any atom is -0.496 e. The van der Waals surface area contributed by atoms with Crippen molar-refractivity contribution < 1.29 is 9.53 Å². The molecule has 0 atom stereocenters. The highest BCUT2D eigenvalue weighted by Crippen LogP contribution is 2.23. The number of amides is 1. The Balaban J connectivity index is 2.22. The van der Waals surface area contributed by atoms with E-state index < -0.39 is 0 Å². The van der Waals surface area contributed by atoms with Crippen LogP contribution in [0.25, 0.3) is 0 Å². The van der Waals surface area contributed by atoms with E-state index in [9.17, 15) is 4.79 Å². The van der Waals surface area contributed by atoms with Gasteiger partial charge in [0.1, 0.15) is 5.75 Å². The van der Waals surface area contributed by atoms with Crippen LogP contribution in [0.2, 0.25) is 5.02 Å². The first-order valence-corrected chi connectivity index (χ1v) is 7.21. The van der Waals surface area contributed by atoms with Crippen molar-refractivity contribution in [2.45, 2.75) is 11.4 Å². The van der Waals surface area contributed by atoms with Crippen LogP contribution in [0, 0.1) is 0 Å². The highest BCUT2D eigenvalue weighted by Gasteiger charge is 2.17. The van der Waals surface area contributed by atoms with Crippen molar-refractivity contribution in [3.05, 3.63) is 58.6 Å². The van der Waals surface area contributed by atoms with Crippen molar-refractivity contribution in [1.82, 2.24) is 4.90 Å². The first-order valence-electron chi connectivity index (χ1n) is 6.39. The van der Waals surface area contributed by atoms with Crippen molar-refractivity contribution in [2.24, 2.45) is 0 Å². The average molecular weight is 322 g/mol. The third kappa shape index (κ3) is 3.71. The van der Waals surface area contributed by atoms with E-state index in [0.717, 1.165) is 11.3 Å². The predicted octanol–water partition coefficient (Wildman–Crippen LogP) is 3.91. The van der Waals surface area contributed by atoms with E-state index in [1.54, 1.807) is 37.3 Å². The summed E-state index contributed by atoms with van der Waals surface area (Å²) in [6.45, 7) is 0.440. The molecule has 0 bridgehead atoms. The second-order valence-corrected chi connectivity index (χ2v) is 5.56. The van der Waals surface area contributed by atoms with E-state index in [2.05, 4.69) is 12.6 Å². The highest BCUT2D eigenvalue weighted by atomic mass is 35.5. The number of halogens is 1. The van der Waals surface area contributed by atoms with Gasteiger partial charge in [-0.1, -0.05) is 29.8 Å². The number of hydrogen-bond donors (Lipinski definition) is 1. The largest absolute Gasteiger partial charge is 0.496 e. The lowest BCUT2D eigenvalue weighted by Crippen LogP contribution is -2.26. The molecule has 0 aliphatic rings. The number of rotatable bonds is 4. The fraction of sp³-hybridized carbons (Fsp3) is 0.188. The lowest BCUT2D eigenvalue weighted by Gasteiger charge is -2.19. The Labute approximate surface area is 134 Å². The molecule has 5 heteroatoms. The summed E-state index contributed by atoms with van der Waals surface area (Å²) in [5, 5.41) is 0.421. The Morgan fingerprint density at radius 1 is 1.29 bits per heavy atom. The molecule has 0 N–H and O–H groups in total. The van der Waals surface area contributed by atoms with E-state index >= 15 is 0 Å². The van der Waals surface area contributed by atoms with Gasteiger partial charge in [0.2, 0.25) is 0 Å². The average Bonchev–Trinajstić information content (AvgIpc) is 2.49. The van der Waals surface area contributed by atoms with Gasteiger partial charge in [-0.2, -0.15) is 0 Å². The Morgan fingerprint density at radius 3 is 2.71 bits per heavy atom. The Kier molecular flexibility index (Phi) is 5.15. The second kappa shape index (κ2) is 6.87. The molecule has 0 saturated carbocycles. The molecule has 0 aromatic heterocycles. The van der Waals surface area contributed by atoms with Crippen LogP contribution in [0.1, 0.15) is 15.9 Å². The maximum atomic E-state index is 12.5. The van der Waals surface area contributed by atoms with Gasteiger partial charge in [-0.3, -0.25) is 4.79 Å². The van der Waals surface area contributed by atoms with Gasteiger partial charge in [-0.15, -0.1) is 12.6 Å². The number of thiol groups is 1. The van der Waals surface area contributed by atoms with Gasteiger partial charge in [0.25, 0.3) is 5.91 Å². The van der Waals surface area contributed by atoms with Crippen LogP contribution in [0.15, 0.2) is 47.4 Å². The molecule has 0 unspecified atom stereocenters. The van der Waals surface area contributed by atoms with Gasteiger partial charge in [0, 0.05) is 24.1 Å². The molecule has 0 saturated heterocycles. The van der Waals surface area contributed by atoms with Crippen molar-refractivity contribution in [2.75, 3.05) is 14.2 Å². The van der Waals surface area contributed by atoms with Gasteiger partial charge in [0.05, 0.1) is 17.7 Å². The number of carbonyl (C=O) groups excluding carboxylic acids is 1. The summed E-state index contributed by atoms with van der Waals surface area (Å²) in [5.41, 5.74) is 1.38. The van der Waals surface area contributed by atoms with Gasteiger partial charge >= 0.3 is 0 Å². The summed E-state index contributed by atoms with van der Waals surface area (Å²) >= 11 is 10.3. The zero-order valence-electron chi connectivity index (χ0n) is 11.8. The molecular weight excluding hydrogens is 306 g/mol.